The van der Waals surface area contributed by atoms with Gasteiger partial charge in [0.1, 0.15) is 0 Å². The molecule has 1 aliphatic heterocycles. The van der Waals surface area contributed by atoms with Crippen LogP contribution in [-0.4, -0.2) is 35.2 Å². The number of nitrogens with one attached hydrogen (secondary N) is 1. The molecule has 0 spiro atoms. The van der Waals surface area contributed by atoms with Crippen molar-refractivity contribution in [3.8, 4) is 0 Å². The Morgan fingerprint density at radius 3 is 2.40 bits per heavy atom. The first-order valence-electron chi connectivity index (χ1n) is 10.7. The molecule has 0 unspecified atom stereocenters. The zero-order valence-corrected chi connectivity index (χ0v) is 18.5. The van der Waals surface area contributed by atoms with E-state index in [1.54, 1.807) is 6.07 Å². The van der Waals surface area contributed by atoms with Crippen molar-refractivity contribution >= 4 is 40.8 Å². The van der Waals surface area contributed by atoms with Crippen molar-refractivity contribution in [2.75, 3.05) is 16.8 Å². The number of nitrogens with zero attached hydrogens (tertiary/aromatic N) is 2. The Hall–Kier alpha value is -4.86. The summed E-state index contributed by atoms with van der Waals surface area (Å²) in [4.78, 5) is 62.1. The number of nitro groups is 1. The van der Waals surface area contributed by atoms with Crippen LogP contribution in [0.4, 0.5) is 17.1 Å². The second kappa shape index (κ2) is 9.56. The van der Waals surface area contributed by atoms with E-state index in [0.29, 0.717) is 6.42 Å². The molecule has 3 aromatic rings. The molecule has 4 rings (SSSR count). The van der Waals surface area contributed by atoms with Crippen LogP contribution in [0.2, 0.25) is 0 Å². The number of amides is 3. The Balaban J connectivity index is 1.57. The summed E-state index contributed by atoms with van der Waals surface area (Å²) < 4.78 is 5.12. The van der Waals surface area contributed by atoms with Gasteiger partial charge in [0.2, 0.25) is 0 Å². The average Bonchev–Trinajstić information content (AvgIpc) is 3.11. The number of rotatable bonds is 7. The minimum atomic E-state index is -0.615. The lowest BCUT2D eigenvalue weighted by atomic mass is 10.1. The van der Waals surface area contributed by atoms with Crippen LogP contribution in [-0.2, 0) is 4.74 Å². The molecule has 0 atom stereocenters. The molecule has 10 nitrogen and oxygen atoms in total. The standard InChI is InChI=1S/C25H19N3O7/c1-2-11-35-25(32)16-6-4-7-18(13-16)27-23(30)20-10-9-17(14-21(20)24(27)31)26-22(29)15-5-3-8-19(12-15)28(33)34/h3-10,12-14H,2,11H2,1H3,(H,26,29). The highest BCUT2D eigenvalue weighted by Gasteiger charge is 2.37. The lowest BCUT2D eigenvalue weighted by molar-refractivity contribution is -0.384. The van der Waals surface area contributed by atoms with Crippen molar-refractivity contribution in [2.24, 2.45) is 0 Å². The van der Waals surface area contributed by atoms with E-state index in [9.17, 15) is 29.3 Å². The molecular weight excluding hydrogens is 454 g/mol. The molecule has 10 heteroatoms. The number of hydrogen-bond donors (Lipinski definition) is 1. The molecule has 3 amide bonds. The topological polar surface area (TPSA) is 136 Å². The predicted molar refractivity (Wildman–Crippen MR) is 126 cm³/mol. The SMILES string of the molecule is CCCOC(=O)c1cccc(N2C(=O)c3ccc(NC(=O)c4cccc([N+](=O)[O-])c4)cc3C2=O)c1. The quantitative estimate of drug-likeness (QED) is 0.235. The number of benzene rings is 3. The Morgan fingerprint density at radius 1 is 0.943 bits per heavy atom. The van der Waals surface area contributed by atoms with Gasteiger partial charge in [0.25, 0.3) is 23.4 Å². The maximum Gasteiger partial charge on any atom is 0.338 e. The zero-order valence-electron chi connectivity index (χ0n) is 18.5. The van der Waals surface area contributed by atoms with Gasteiger partial charge in [-0.05, 0) is 48.9 Å². The van der Waals surface area contributed by atoms with Gasteiger partial charge in [-0.25, -0.2) is 9.69 Å². The van der Waals surface area contributed by atoms with E-state index in [-0.39, 0.29) is 45.9 Å². The Bertz CT molecular complexity index is 1380. The summed E-state index contributed by atoms with van der Waals surface area (Å²) >= 11 is 0. The minimum Gasteiger partial charge on any atom is -0.462 e. The van der Waals surface area contributed by atoms with Gasteiger partial charge in [0, 0.05) is 23.4 Å². The van der Waals surface area contributed by atoms with Gasteiger partial charge in [-0.3, -0.25) is 24.5 Å². The highest BCUT2D eigenvalue weighted by atomic mass is 16.6. The molecule has 1 aliphatic rings. The maximum absolute atomic E-state index is 13.1. The number of carbonyl (C=O) groups excluding carboxylic acids is 4. The summed E-state index contributed by atoms with van der Waals surface area (Å²) in [7, 11) is 0. The molecule has 176 valence electrons. The highest BCUT2D eigenvalue weighted by molar-refractivity contribution is 6.34. The van der Waals surface area contributed by atoms with Crippen LogP contribution >= 0.6 is 0 Å². The fraction of sp³-hybridized carbons (Fsp3) is 0.120. The first-order chi connectivity index (χ1) is 16.8. The van der Waals surface area contributed by atoms with Crippen molar-refractivity contribution in [3.05, 3.63) is 99.1 Å². The summed E-state index contributed by atoms with van der Waals surface area (Å²) in [5.41, 5.74) is 0.703. The van der Waals surface area contributed by atoms with Crippen LogP contribution in [0.1, 0.15) is 54.8 Å². The number of anilines is 2. The number of imide groups is 1. The Labute approximate surface area is 199 Å². The first kappa shape index (κ1) is 23.3. The van der Waals surface area contributed by atoms with Crippen LogP contribution < -0.4 is 10.2 Å². The number of nitro benzene ring substituents is 1. The lowest BCUT2D eigenvalue weighted by Gasteiger charge is -2.14. The van der Waals surface area contributed by atoms with Gasteiger partial charge >= 0.3 is 5.97 Å². The van der Waals surface area contributed by atoms with E-state index < -0.39 is 28.6 Å². The maximum atomic E-state index is 13.1. The molecule has 0 aliphatic carbocycles. The molecular formula is C25H19N3O7. The van der Waals surface area contributed by atoms with Gasteiger partial charge in [-0.1, -0.05) is 19.1 Å². The summed E-state index contributed by atoms with van der Waals surface area (Å²) in [5, 5.41) is 13.5. The highest BCUT2D eigenvalue weighted by Crippen LogP contribution is 2.31. The van der Waals surface area contributed by atoms with Crippen LogP contribution in [0.25, 0.3) is 0 Å². The van der Waals surface area contributed by atoms with Gasteiger partial charge in [0.15, 0.2) is 0 Å². The lowest BCUT2D eigenvalue weighted by Crippen LogP contribution is -2.29. The summed E-state index contributed by atoms with van der Waals surface area (Å²) in [6, 6.07) is 15.5. The molecule has 0 aromatic heterocycles. The molecule has 0 bridgehead atoms. The van der Waals surface area contributed by atoms with E-state index in [4.69, 9.17) is 4.74 Å². The molecule has 3 aromatic carbocycles. The van der Waals surface area contributed by atoms with Crippen molar-refractivity contribution in [3.63, 3.8) is 0 Å². The van der Waals surface area contributed by atoms with E-state index >= 15 is 0 Å². The average molecular weight is 473 g/mol. The third-order valence-corrected chi connectivity index (χ3v) is 5.24. The number of carbonyl (C=O) groups is 4. The summed E-state index contributed by atoms with van der Waals surface area (Å²) in [6.07, 6.45) is 0.657. The van der Waals surface area contributed by atoms with Gasteiger partial charge in [-0.2, -0.15) is 0 Å². The first-order valence-corrected chi connectivity index (χ1v) is 10.7. The number of non-ortho nitro benzene ring substituents is 1. The fourth-order valence-corrected chi connectivity index (χ4v) is 3.57. The molecule has 35 heavy (non-hydrogen) atoms. The normalized spacial score (nSPS) is 12.3. The van der Waals surface area contributed by atoms with Gasteiger partial charge in [0.05, 0.1) is 33.9 Å². The molecule has 0 radical (unpaired) electrons. The van der Waals surface area contributed by atoms with E-state index in [1.165, 1.54) is 54.6 Å². The molecule has 1 N–H and O–H groups in total. The summed E-state index contributed by atoms with van der Waals surface area (Å²) in [5.74, 6) is -2.35. The second-order valence-electron chi connectivity index (χ2n) is 7.65. The number of esters is 1. The molecule has 1 heterocycles. The number of hydrogen-bond acceptors (Lipinski definition) is 7. The fourth-order valence-electron chi connectivity index (χ4n) is 3.57. The van der Waals surface area contributed by atoms with Crippen LogP contribution in [0.5, 0.6) is 0 Å². The predicted octanol–water partition coefficient (Wildman–Crippen LogP) is 4.21. The second-order valence-corrected chi connectivity index (χ2v) is 7.65. The Morgan fingerprint density at radius 2 is 1.66 bits per heavy atom. The number of ether oxygens (including phenoxy) is 1. The van der Waals surface area contributed by atoms with Crippen molar-refractivity contribution in [1.82, 2.24) is 0 Å². The zero-order chi connectivity index (χ0) is 25.1. The van der Waals surface area contributed by atoms with E-state index in [0.717, 1.165) is 11.0 Å². The smallest absolute Gasteiger partial charge is 0.338 e. The minimum absolute atomic E-state index is 0.0653. The third-order valence-electron chi connectivity index (χ3n) is 5.24. The van der Waals surface area contributed by atoms with Gasteiger partial charge < -0.3 is 10.1 Å². The number of fused-ring (bicyclic) bond motifs is 1. The van der Waals surface area contributed by atoms with Crippen molar-refractivity contribution in [1.29, 1.82) is 0 Å². The van der Waals surface area contributed by atoms with Crippen LogP contribution in [0.3, 0.4) is 0 Å². The third kappa shape index (κ3) is 4.62. The van der Waals surface area contributed by atoms with E-state index in [2.05, 4.69) is 5.32 Å². The van der Waals surface area contributed by atoms with Crippen molar-refractivity contribution < 1.29 is 28.8 Å². The molecule has 0 fully saturated rings. The largest absolute Gasteiger partial charge is 0.462 e. The van der Waals surface area contributed by atoms with E-state index in [1.807, 2.05) is 6.92 Å². The summed E-state index contributed by atoms with van der Waals surface area (Å²) in [6.45, 7) is 2.11. The van der Waals surface area contributed by atoms with Crippen LogP contribution in [0.15, 0.2) is 66.7 Å². The van der Waals surface area contributed by atoms with Crippen molar-refractivity contribution in [2.45, 2.75) is 13.3 Å². The molecule has 0 saturated heterocycles. The Kier molecular flexibility index (Phi) is 6.36. The van der Waals surface area contributed by atoms with Gasteiger partial charge in [-0.15, -0.1) is 0 Å². The van der Waals surface area contributed by atoms with Crippen LogP contribution in [0, 0.1) is 10.1 Å². The molecule has 0 saturated carbocycles. The monoisotopic (exact) mass is 473 g/mol.